The molecule has 0 bridgehead atoms. The highest BCUT2D eigenvalue weighted by Gasteiger charge is 1.94. The maximum atomic E-state index is 10.8. The van der Waals surface area contributed by atoms with Crippen molar-refractivity contribution in [1.82, 2.24) is 0 Å². The molecule has 0 fully saturated rings. The fourth-order valence-electron chi connectivity index (χ4n) is 1.20. The summed E-state index contributed by atoms with van der Waals surface area (Å²) in [5.41, 5.74) is 2.20. The van der Waals surface area contributed by atoms with E-state index in [0.29, 0.717) is 0 Å². The van der Waals surface area contributed by atoms with Crippen LogP contribution in [0.5, 0.6) is 0 Å². The van der Waals surface area contributed by atoms with E-state index >= 15 is 0 Å². The molecular weight excluding hydrogens is 172 g/mol. The van der Waals surface area contributed by atoms with Crippen LogP contribution in [0.1, 0.15) is 19.4 Å². The van der Waals surface area contributed by atoms with Gasteiger partial charge in [-0.3, -0.25) is 4.79 Å². The minimum absolute atomic E-state index is 0.0697. The fraction of sp³-hybridized carbons (Fsp3) is 0.154. The molecule has 0 aromatic heterocycles. The maximum Gasteiger partial charge on any atom is 0.152 e. The Morgan fingerprint density at radius 2 is 1.79 bits per heavy atom. The predicted octanol–water partition coefficient (Wildman–Crippen LogP) is 3.24. The Labute approximate surface area is 84.8 Å². The van der Waals surface area contributed by atoms with E-state index in [1.54, 1.807) is 13.0 Å². The number of carbonyl (C=O) groups is 1. The van der Waals surface area contributed by atoms with Crippen LogP contribution in [-0.2, 0) is 4.79 Å². The van der Waals surface area contributed by atoms with E-state index in [2.05, 4.69) is 0 Å². The van der Waals surface area contributed by atoms with E-state index in [1.165, 1.54) is 0 Å². The number of hydrogen-bond acceptors (Lipinski definition) is 1. The maximum absolute atomic E-state index is 10.8. The molecule has 0 aliphatic rings. The van der Waals surface area contributed by atoms with Gasteiger partial charge in [0.2, 0.25) is 0 Å². The lowest BCUT2D eigenvalue weighted by molar-refractivity contribution is -0.112. The van der Waals surface area contributed by atoms with Gasteiger partial charge < -0.3 is 0 Å². The number of hydrogen-bond donors (Lipinski definition) is 0. The molecule has 0 N–H and O–H groups in total. The second-order valence-electron chi connectivity index (χ2n) is 3.05. The molecule has 0 heterocycles. The van der Waals surface area contributed by atoms with Crippen molar-refractivity contribution in [3.63, 3.8) is 0 Å². The summed E-state index contributed by atoms with van der Waals surface area (Å²) in [5, 5.41) is 0. The van der Waals surface area contributed by atoms with Gasteiger partial charge in [0, 0.05) is 0 Å². The van der Waals surface area contributed by atoms with Gasteiger partial charge in [-0.1, -0.05) is 42.5 Å². The number of ketones is 1. The van der Waals surface area contributed by atoms with Crippen LogP contribution in [0, 0.1) is 0 Å². The summed E-state index contributed by atoms with van der Waals surface area (Å²) >= 11 is 0. The van der Waals surface area contributed by atoms with Gasteiger partial charge in [0.25, 0.3) is 0 Å². The van der Waals surface area contributed by atoms with Gasteiger partial charge >= 0.3 is 0 Å². The fourth-order valence-corrected chi connectivity index (χ4v) is 1.20. The molecule has 0 saturated heterocycles. The standard InChI is InChI=1S/C13H14O/c1-3-12(10-9-11(2)14)13-7-5-4-6-8-13/h3-10H,1-2H3/b10-9+,12-3-. The Hall–Kier alpha value is -1.63. The third kappa shape index (κ3) is 3.02. The molecular formula is C13H14O. The minimum atomic E-state index is 0.0697. The molecule has 0 atom stereocenters. The van der Waals surface area contributed by atoms with Crippen LogP contribution in [0.2, 0.25) is 0 Å². The van der Waals surface area contributed by atoms with Crippen LogP contribution in [0.15, 0.2) is 48.6 Å². The summed E-state index contributed by atoms with van der Waals surface area (Å²) in [6.07, 6.45) is 5.43. The highest BCUT2D eigenvalue weighted by atomic mass is 16.1. The number of carbonyl (C=O) groups excluding carboxylic acids is 1. The van der Waals surface area contributed by atoms with Crippen molar-refractivity contribution in [1.29, 1.82) is 0 Å². The molecule has 1 heteroatoms. The Kier molecular flexibility index (Phi) is 3.86. The number of benzene rings is 1. The van der Waals surface area contributed by atoms with Crippen LogP contribution in [0.25, 0.3) is 5.57 Å². The van der Waals surface area contributed by atoms with Crippen molar-refractivity contribution in [2.75, 3.05) is 0 Å². The Morgan fingerprint density at radius 3 is 2.29 bits per heavy atom. The lowest BCUT2D eigenvalue weighted by Crippen LogP contribution is -1.83. The van der Waals surface area contributed by atoms with Crippen LogP contribution < -0.4 is 0 Å². The molecule has 72 valence electrons. The summed E-state index contributed by atoms with van der Waals surface area (Å²) in [5.74, 6) is 0.0697. The zero-order chi connectivity index (χ0) is 10.4. The number of allylic oxidation sites excluding steroid dienone is 4. The molecule has 1 aromatic rings. The van der Waals surface area contributed by atoms with Crippen molar-refractivity contribution >= 4 is 11.4 Å². The monoisotopic (exact) mass is 186 g/mol. The van der Waals surface area contributed by atoms with E-state index in [9.17, 15) is 4.79 Å². The smallest absolute Gasteiger partial charge is 0.152 e. The molecule has 0 aliphatic carbocycles. The molecule has 1 rings (SSSR count). The lowest BCUT2D eigenvalue weighted by atomic mass is 10.1. The first kappa shape index (κ1) is 10.5. The summed E-state index contributed by atoms with van der Waals surface area (Å²) in [6.45, 7) is 3.52. The first-order chi connectivity index (χ1) is 6.74. The molecule has 0 radical (unpaired) electrons. The van der Waals surface area contributed by atoms with Gasteiger partial charge in [0.1, 0.15) is 0 Å². The van der Waals surface area contributed by atoms with Crippen molar-refractivity contribution < 1.29 is 4.79 Å². The summed E-state index contributed by atoms with van der Waals surface area (Å²) < 4.78 is 0. The van der Waals surface area contributed by atoms with E-state index in [1.807, 2.05) is 49.4 Å². The second kappa shape index (κ2) is 5.18. The minimum Gasteiger partial charge on any atom is -0.295 e. The van der Waals surface area contributed by atoms with Crippen LogP contribution in [-0.4, -0.2) is 5.78 Å². The van der Waals surface area contributed by atoms with Crippen molar-refractivity contribution in [3.05, 3.63) is 54.1 Å². The average Bonchev–Trinajstić information content (AvgIpc) is 2.20. The zero-order valence-electron chi connectivity index (χ0n) is 8.53. The Morgan fingerprint density at radius 1 is 1.14 bits per heavy atom. The highest BCUT2D eigenvalue weighted by molar-refractivity contribution is 5.90. The molecule has 0 spiro atoms. The predicted molar refractivity (Wildman–Crippen MR) is 59.9 cm³/mol. The van der Waals surface area contributed by atoms with Gasteiger partial charge in [-0.05, 0) is 31.1 Å². The van der Waals surface area contributed by atoms with E-state index < -0.39 is 0 Å². The van der Waals surface area contributed by atoms with Gasteiger partial charge in [-0.2, -0.15) is 0 Å². The molecule has 1 nitrogen and oxygen atoms in total. The van der Waals surface area contributed by atoms with Crippen LogP contribution in [0.3, 0.4) is 0 Å². The zero-order valence-corrected chi connectivity index (χ0v) is 8.53. The van der Waals surface area contributed by atoms with Crippen molar-refractivity contribution in [2.24, 2.45) is 0 Å². The van der Waals surface area contributed by atoms with Gasteiger partial charge in [-0.25, -0.2) is 0 Å². The highest BCUT2D eigenvalue weighted by Crippen LogP contribution is 2.14. The summed E-state index contributed by atoms with van der Waals surface area (Å²) in [6, 6.07) is 10.0. The van der Waals surface area contributed by atoms with Crippen LogP contribution in [0.4, 0.5) is 0 Å². The van der Waals surface area contributed by atoms with Gasteiger partial charge in [0.05, 0.1) is 0 Å². The largest absolute Gasteiger partial charge is 0.295 e. The summed E-state index contributed by atoms with van der Waals surface area (Å²) in [7, 11) is 0. The molecule has 1 aromatic carbocycles. The van der Waals surface area contributed by atoms with Crippen molar-refractivity contribution in [2.45, 2.75) is 13.8 Å². The Bertz CT molecular complexity index is 358. The number of rotatable bonds is 3. The SMILES string of the molecule is C/C=C(/C=C/C(C)=O)c1ccccc1. The Balaban J connectivity index is 2.90. The molecule has 0 aliphatic heterocycles. The van der Waals surface area contributed by atoms with Crippen molar-refractivity contribution in [3.8, 4) is 0 Å². The third-order valence-electron chi connectivity index (χ3n) is 1.92. The van der Waals surface area contributed by atoms with E-state index in [0.717, 1.165) is 11.1 Å². The topological polar surface area (TPSA) is 17.1 Å². The first-order valence-electron chi connectivity index (χ1n) is 4.64. The van der Waals surface area contributed by atoms with Gasteiger partial charge in [-0.15, -0.1) is 0 Å². The van der Waals surface area contributed by atoms with E-state index in [-0.39, 0.29) is 5.78 Å². The van der Waals surface area contributed by atoms with Crippen LogP contribution >= 0.6 is 0 Å². The molecule has 14 heavy (non-hydrogen) atoms. The molecule has 0 saturated carbocycles. The molecule has 0 amide bonds. The van der Waals surface area contributed by atoms with E-state index in [4.69, 9.17) is 0 Å². The third-order valence-corrected chi connectivity index (χ3v) is 1.92. The first-order valence-corrected chi connectivity index (χ1v) is 4.64. The normalized spacial score (nSPS) is 12.0. The second-order valence-corrected chi connectivity index (χ2v) is 3.05. The summed E-state index contributed by atoms with van der Waals surface area (Å²) in [4.78, 5) is 10.8. The quantitative estimate of drug-likeness (QED) is 0.523. The lowest BCUT2D eigenvalue weighted by Gasteiger charge is -2.00. The van der Waals surface area contributed by atoms with Gasteiger partial charge in [0.15, 0.2) is 5.78 Å². The average molecular weight is 186 g/mol. The molecule has 0 unspecified atom stereocenters.